The van der Waals surface area contributed by atoms with E-state index in [0.29, 0.717) is 0 Å². The number of likely N-dealkylation sites (tertiary alicyclic amines) is 1. The van der Waals surface area contributed by atoms with Gasteiger partial charge in [-0.25, -0.2) is 0 Å². The van der Waals surface area contributed by atoms with Crippen molar-refractivity contribution in [3.63, 3.8) is 0 Å². The second-order valence-corrected chi connectivity index (χ2v) is 7.69. The molecule has 1 aromatic carbocycles. The van der Waals surface area contributed by atoms with Crippen molar-refractivity contribution in [1.82, 2.24) is 9.47 Å². The number of rotatable bonds is 9. The topological polar surface area (TPSA) is 17.4 Å². The fraction of sp³-hybridized carbons (Fsp3) is 0.667. The smallest absolute Gasteiger partial charge is 0.120 e. The number of hydrogen-bond donors (Lipinski definition) is 0. The summed E-state index contributed by atoms with van der Waals surface area (Å²) in [5.41, 5.74) is 1.32. The van der Waals surface area contributed by atoms with Crippen LogP contribution in [0.3, 0.4) is 0 Å². The van der Waals surface area contributed by atoms with Crippen LogP contribution in [-0.2, 0) is 6.54 Å². The zero-order chi connectivity index (χ0) is 19.3. The third kappa shape index (κ3) is 7.57. The highest BCUT2D eigenvalue weighted by Crippen LogP contribution is 2.22. The second kappa shape index (κ2) is 12.8. The zero-order valence-electron chi connectivity index (χ0n) is 17.9. The van der Waals surface area contributed by atoms with E-state index in [4.69, 9.17) is 4.74 Å². The standard InChI is InChI=1S/C20H30N2O.C4H10/c1-2-3-14-22-15-10-18-17-19(8-9-20(18)22)23-16-7-13-21-11-5-4-6-12-21;1-3-4-2/h8-10,15,17H,2-7,11-14,16H2,1H3;3-4H2,1-2H3. The number of nitrogens with zero attached hydrogens (tertiary/aromatic N) is 2. The van der Waals surface area contributed by atoms with E-state index in [1.807, 2.05) is 0 Å². The molecule has 27 heavy (non-hydrogen) atoms. The van der Waals surface area contributed by atoms with Crippen LogP contribution in [0.25, 0.3) is 10.9 Å². The first kappa shape index (κ1) is 21.8. The van der Waals surface area contributed by atoms with E-state index in [1.165, 1.54) is 75.5 Å². The highest BCUT2D eigenvalue weighted by Gasteiger charge is 2.09. The van der Waals surface area contributed by atoms with Gasteiger partial charge in [0.25, 0.3) is 0 Å². The van der Waals surface area contributed by atoms with Gasteiger partial charge >= 0.3 is 0 Å². The molecule has 0 amide bonds. The molecule has 1 fully saturated rings. The van der Waals surface area contributed by atoms with Crippen LogP contribution in [-0.4, -0.2) is 35.7 Å². The molecule has 0 saturated carbocycles. The molecule has 152 valence electrons. The quantitative estimate of drug-likeness (QED) is 0.467. The van der Waals surface area contributed by atoms with Crippen molar-refractivity contribution in [1.29, 1.82) is 0 Å². The van der Waals surface area contributed by atoms with Gasteiger partial charge in [-0.15, -0.1) is 0 Å². The molecule has 0 N–H and O–H groups in total. The third-order valence-corrected chi connectivity index (χ3v) is 5.33. The maximum atomic E-state index is 5.96. The summed E-state index contributed by atoms with van der Waals surface area (Å²) in [5.74, 6) is 1.00. The molecule has 1 aliphatic heterocycles. The van der Waals surface area contributed by atoms with Gasteiger partial charge in [0.1, 0.15) is 5.75 Å². The minimum Gasteiger partial charge on any atom is -0.494 e. The van der Waals surface area contributed by atoms with Crippen molar-refractivity contribution in [2.24, 2.45) is 0 Å². The van der Waals surface area contributed by atoms with Crippen molar-refractivity contribution in [2.45, 2.75) is 78.7 Å². The van der Waals surface area contributed by atoms with Crippen LogP contribution in [0.4, 0.5) is 0 Å². The third-order valence-electron chi connectivity index (χ3n) is 5.33. The number of hydrogen-bond acceptors (Lipinski definition) is 2. The van der Waals surface area contributed by atoms with Crippen molar-refractivity contribution >= 4 is 10.9 Å². The highest BCUT2D eigenvalue weighted by molar-refractivity contribution is 5.81. The van der Waals surface area contributed by atoms with Crippen LogP contribution >= 0.6 is 0 Å². The molecule has 3 rings (SSSR count). The predicted octanol–water partition coefficient (Wildman–Crippen LogP) is 6.50. The van der Waals surface area contributed by atoms with E-state index >= 15 is 0 Å². The lowest BCUT2D eigenvalue weighted by Gasteiger charge is -2.26. The molecular weight excluding hydrogens is 332 g/mol. The fourth-order valence-corrected chi connectivity index (χ4v) is 3.45. The normalized spacial score (nSPS) is 14.8. The van der Waals surface area contributed by atoms with Gasteiger partial charge in [-0.05, 0) is 63.0 Å². The average Bonchev–Trinajstić information content (AvgIpc) is 3.13. The number of aryl methyl sites for hydroxylation is 1. The summed E-state index contributed by atoms with van der Waals surface area (Å²) in [7, 11) is 0. The Bertz CT molecular complexity index is 626. The van der Waals surface area contributed by atoms with E-state index < -0.39 is 0 Å². The van der Waals surface area contributed by atoms with E-state index in [-0.39, 0.29) is 0 Å². The van der Waals surface area contributed by atoms with Gasteiger partial charge in [0.05, 0.1) is 6.61 Å². The van der Waals surface area contributed by atoms with Gasteiger partial charge in [0, 0.05) is 30.2 Å². The summed E-state index contributed by atoms with van der Waals surface area (Å²) >= 11 is 0. The lowest BCUT2D eigenvalue weighted by Crippen LogP contribution is -2.31. The SMILES string of the molecule is CCCC.CCCCn1ccc2cc(OCCCN3CCCCC3)ccc21. The first-order chi connectivity index (χ1) is 13.3. The molecule has 0 unspecified atom stereocenters. The molecule has 1 aliphatic rings. The van der Waals surface area contributed by atoms with E-state index in [0.717, 1.165) is 25.3 Å². The maximum Gasteiger partial charge on any atom is 0.120 e. The molecule has 2 heterocycles. The van der Waals surface area contributed by atoms with Crippen molar-refractivity contribution < 1.29 is 4.74 Å². The van der Waals surface area contributed by atoms with Crippen molar-refractivity contribution in [3.05, 3.63) is 30.5 Å². The monoisotopic (exact) mass is 372 g/mol. The lowest BCUT2D eigenvalue weighted by molar-refractivity contribution is 0.205. The summed E-state index contributed by atoms with van der Waals surface area (Å²) in [6, 6.07) is 8.70. The summed E-state index contributed by atoms with van der Waals surface area (Å²) in [6.45, 7) is 12.3. The molecule has 1 saturated heterocycles. The number of aromatic nitrogens is 1. The number of benzene rings is 1. The van der Waals surface area contributed by atoms with Gasteiger partial charge in [0.2, 0.25) is 0 Å². The highest BCUT2D eigenvalue weighted by atomic mass is 16.5. The Morgan fingerprint density at radius 1 is 0.852 bits per heavy atom. The predicted molar refractivity (Wildman–Crippen MR) is 118 cm³/mol. The molecule has 0 bridgehead atoms. The Morgan fingerprint density at radius 3 is 2.33 bits per heavy atom. The van der Waals surface area contributed by atoms with Crippen LogP contribution in [0, 0.1) is 0 Å². The minimum atomic E-state index is 0.818. The van der Waals surface area contributed by atoms with Crippen LogP contribution in [0.1, 0.15) is 72.1 Å². The Hall–Kier alpha value is -1.48. The molecule has 0 radical (unpaired) electrons. The van der Waals surface area contributed by atoms with Crippen LogP contribution in [0.15, 0.2) is 30.5 Å². The van der Waals surface area contributed by atoms with Crippen LogP contribution in [0.2, 0.25) is 0 Å². The number of fused-ring (bicyclic) bond motifs is 1. The second-order valence-electron chi connectivity index (χ2n) is 7.69. The van der Waals surface area contributed by atoms with Crippen molar-refractivity contribution in [3.8, 4) is 5.75 Å². The summed E-state index contributed by atoms with van der Waals surface area (Å²) in [6.07, 6.45) is 12.6. The van der Waals surface area contributed by atoms with Gasteiger partial charge in [-0.1, -0.05) is 46.5 Å². The Balaban J connectivity index is 0.000000596. The van der Waals surface area contributed by atoms with Gasteiger partial charge < -0.3 is 14.2 Å². The lowest BCUT2D eigenvalue weighted by atomic mass is 10.1. The Labute approximate surface area is 166 Å². The Kier molecular flexibility index (Phi) is 10.4. The number of unbranched alkanes of at least 4 members (excludes halogenated alkanes) is 2. The molecule has 1 aromatic heterocycles. The zero-order valence-corrected chi connectivity index (χ0v) is 17.9. The van der Waals surface area contributed by atoms with Gasteiger partial charge in [-0.2, -0.15) is 0 Å². The molecule has 0 aliphatic carbocycles. The minimum absolute atomic E-state index is 0.818. The van der Waals surface area contributed by atoms with Crippen LogP contribution < -0.4 is 4.74 Å². The molecule has 0 spiro atoms. The maximum absolute atomic E-state index is 5.96. The average molecular weight is 373 g/mol. The van der Waals surface area contributed by atoms with E-state index in [2.05, 4.69) is 60.7 Å². The summed E-state index contributed by atoms with van der Waals surface area (Å²) in [4.78, 5) is 2.57. The van der Waals surface area contributed by atoms with Crippen LogP contribution in [0.5, 0.6) is 5.75 Å². The molecular formula is C24H40N2O. The molecule has 3 heteroatoms. The van der Waals surface area contributed by atoms with Crippen molar-refractivity contribution in [2.75, 3.05) is 26.2 Å². The fourth-order valence-electron chi connectivity index (χ4n) is 3.45. The molecule has 3 nitrogen and oxygen atoms in total. The largest absolute Gasteiger partial charge is 0.494 e. The van der Waals surface area contributed by atoms with Gasteiger partial charge in [0.15, 0.2) is 0 Å². The van der Waals surface area contributed by atoms with E-state index in [9.17, 15) is 0 Å². The number of piperidine rings is 1. The number of ether oxygens (including phenoxy) is 1. The first-order valence-corrected chi connectivity index (χ1v) is 11.2. The first-order valence-electron chi connectivity index (χ1n) is 11.2. The van der Waals surface area contributed by atoms with Gasteiger partial charge in [-0.3, -0.25) is 0 Å². The molecule has 2 aromatic rings. The molecule has 0 atom stereocenters. The van der Waals surface area contributed by atoms with E-state index in [1.54, 1.807) is 0 Å². The summed E-state index contributed by atoms with van der Waals surface area (Å²) in [5, 5.41) is 1.29. The Morgan fingerprint density at radius 2 is 1.63 bits per heavy atom. The summed E-state index contributed by atoms with van der Waals surface area (Å²) < 4.78 is 8.31.